The normalized spacial score (nSPS) is 15.7. The third-order valence-electron chi connectivity index (χ3n) is 3.95. The SMILES string of the molecule is CC[C@H](CSC)NC(=O)Nc1ccc(N2CCCC2)nc1C. The molecule has 0 saturated carbocycles. The zero-order chi connectivity index (χ0) is 15.9. The molecule has 6 heteroatoms. The van der Waals surface area contributed by atoms with Crippen molar-refractivity contribution in [2.45, 2.75) is 39.2 Å². The first-order valence-corrected chi connectivity index (χ1v) is 9.32. The lowest BCUT2D eigenvalue weighted by Gasteiger charge is -2.19. The first kappa shape index (κ1) is 16.9. The summed E-state index contributed by atoms with van der Waals surface area (Å²) in [7, 11) is 0. The minimum absolute atomic E-state index is 0.153. The van der Waals surface area contributed by atoms with Crippen molar-refractivity contribution in [3.8, 4) is 0 Å². The van der Waals surface area contributed by atoms with E-state index in [9.17, 15) is 4.79 Å². The van der Waals surface area contributed by atoms with Crippen molar-refractivity contribution in [3.05, 3.63) is 17.8 Å². The molecule has 2 N–H and O–H groups in total. The van der Waals surface area contributed by atoms with Crippen LogP contribution in [-0.4, -0.2) is 42.2 Å². The van der Waals surface area contributed by atoms with E-state index in [1.165, 1.54) is 12.8 Å². The molecular weight excluding hydrogens is 296 g/mol. The smallest absolute Gasteiger partial charge is 0.319 e. The van der Waals surface area contributed by atoms with Crippen LogP contribution < -0.4 is 15.5 Å². The first-order valence-electron chi connectivity index (χ1n) is 7.93. The van der Waals surface area contributed by atoms with Crippen LogP contribution in [-0.2, 0) is 0 Å². The predicted molar refractivity (Wildman–Crippen MR) is 95.0 cm³/mol. The quantitative estimate of drug-likeness (QED) is 0.844. The number of pyridine rings is 1. The van der Waals surface area contributed by atoms with Gasteiger partial charge in [-0.3, -0.25) is 0 Å². The van der Waals surface area contributed by atoms with Gasteiger partial charge in [0, 0.05) is 24.9 Å². The van der Waals surface area contributed by atoms with Crippen molar-refractivity contribution in [1.82, 2.24) is 10.3 Å². The zero-order valence-electron chi connectivity index (χ0n) is 13.7. The van der Waals surface area contributed by atoms with Gasteiger partial charge in [-0.15, -0.1) is 0 Å². The Bertz CT molecular complexity index is 503. The molecule has 1 atom stereocenters. The average molecular weight is 322 g/mol. The van der Waals surface area contributed by atoms with E-state index < -0.39 is 0 Å². The van der Waals surface area contributed by atoms with Crippen LogP contribution in [0.15, 0.2) is 12.1 Å². The van der Waals surface area contributed by atoms with Crippen LogP contribution in [0.1, 0.15) is 31.9 Å². The van der Waals surface area contributed by atoms with E-state index in [-0.39, 0.29) is 12.1 Å². The van der Waals surface area contributed by atoms with Gasteiger partial charge in [-0.2, -0.15) is 11.8 Å². The Morgan fingerprint density at radius 2 is 2.14 bits per heavy atom. The van der Waals surface area contributed by atoms with Gasteiger partial charge in [0.2, 0.25) is 0 Å². The number of hydrogen-bond acceptors (Lipinski definition) is 4. The average Bonchev–Trinajstić information content (AvgIpc) is 3.03. The number of rotatable bonds is 6. The van der Waals surface area contributed by atoms with Crippen molar-refractivity contribution < 1.29 is 4.79 Å². The summed E-state index contributed by atoms with van der Waals surface area (Å²) in [5, 5.41) is 5.91. The topological polar surface area (TPSA) is 57.3 Å². The molecule has 2 amide bonds. The molecular formula is C16H26N4OS. The molecule has 0 radical (unpaired) electrons. The Kier molecular flexibility index (Phi) is 6.36. The maximum atomic E-state index is 12.1. The van der Waals surface area contributed by atoms with Crippen molar-refractivity contribution >= 4 is 29.3 Å². The Labute approximate surface area is 137 Å². The van der Waals surface area contributed by atoms with Gasteiger partial charge in [0.15, 0.2) is 0 Å². The molecule has 1 saturated heterocycles. The van der Waals surface area contributed by atoms with E-state index >= 15 is 0 Å². The maximum absolute atomic E-state index is 12.1. The summed E-state index contributed by atoms with van der Waals surface area (Å²) in [5.74, 6) is 1.93. The summed E-state index contributed by atoms with van der Waals surface area (Å²) in [6.45, 7) is 6.17. The molecule has 0 bridgehead atoms. The van der Waals surface area contributed by atoms with E-state index in [1.807, 2.05) is 25.3 Å². The highest BCUT2D eigenvalue weighted by Gasteiger charge is 2.15. The van der Waals surface area contributed by atoms with Crippen LogP contribution in [0.3, 0.4) is 0 Å². The Morgan fingerprint density at radius 1 is 1.41 bits per heavy atom. The monoisotopic (exact) mass is 322 g/mol. The van der Waals surface area contributed by atoms with E-state index in [1.54, 1.807) is 11.8 Å². The highest BCUT2D eigenvalue weighted by atomic mass is 32.2. The van der Waals surface area contributed by atoms with Crippen LogP contribution in [0.5, 0.6) is 0 Å². The van der Waals surface area contributed by atoms with Gasteiger partial charge < -0.3 is 15.5 Å². The predicted octanol–water partition coefficient (Wildman–Crippen LogP) is 3.25. The zero-order valence-corrected chi connectivity index (χ0v) is 14.5. The van der Waals surface area contributed by atoms with E-state index in [0.717, 1.165) is 42.5 Å². The van der Waals surface area contributed by atoms with E-state index in [0.29, 0.717) is 0 Å². The number of carbonyl (C=O) groups is 1. The standard InChI is InChI=1S/C16H26N4OS/c1-4-13(11-22-3)18-16(21)19-14-7-8-15(17-12(14)2)20-9-5-6-10-20/h7-8,13H,4-6,9-11H2,1-3H3,(H2,18,19,21)/t13-/m1/s1. The van der Waals surface area contributed by atoms with Gasteiger partial charge in [-0.25, -0.2) is 9.78 Å². The molecule has 0 aliphatic carbocycles. The number of anilines is 2. The van der Waals surface area contributed by atoms with Crippen LogP contribution in [0, 0.1) is 6.92 Å². The number of amides is 2. The molecule has 1 aromatic heterocycles. The molecule has 0 unspecified atom stereocenters. The molecule has 1 aliphatic rings. The Balaban J connectivity index is 1.96. The molecule has 122 valence electrons. The first-order chi connectivity index (χ1) is 10.6. The molecule has 2 rings (SSSR count). The van der Waals surface area contributed by atoms with Crippen LogP contribution in [0.25, 0.3) is 0 Å². The number of aryl methyl sites for hydroxylation is 1. The van der Waals surface area contributed by atoms with Crippen LogP contribution >= 0.6 is 11.8 Å². The lowest BCUT2D eigenvalue weighted by Crippen LogP contribution is -2.39. The summed E-state index contributed by atoms with van der Waals surface area (Å²) >= 11 is 1.74. The van der Waals surface area contributed by atoms with Gasteiger partial charge in [0.25, 0.3) is 0 Å². The van der Waals surface area contributed by atoms with Gasteiger partial charge in [-0.05, 0) is 44.6 Å². The van der Waals surface area contributed by atoms with Gasteiger partial charge >= 0.3 is 6.03 Å². The number of nitrogens with zero attached hydrogens (tertiary/aromatic N) is 2. The van der Waals surface area contributed by atoms with Crippen molar-refractivity contribution in [2.75, 3.05) is 35.3 Å². The molecule has 22 heavy (non-hydrogen) atoms. The van der Waals surface area contributed by atoms with Gasteiger partial charge in [0.05, 0.1) is 11.4 Å². The fourth-order valence-electron chi connectivity index (χ4n) is 2.61. The van der Waals surface area contributed by atoms with Gasteiger partial charge in [0.1, 0.15) is 5.82 Å². The lowest BCUT2D eigenvalue weighted by molar-refractivity contribution is 0.249. The second-order valence-corrected chi connectivity index (χ2v) is 6.57. The van der Waals surface area contributed by atoms with Gasteiger partial charge in [-0.1, -0.05) is 6.92 Å². The van der Waals surface area contributed by atoms with E-state index in [2.05, 4.69) is 27.4 Å². The van der Waals surface area contributed by atoms with Crippen LogP contribution in [0.2, 0.25) is 0 Å². The summed E-state index contributed by atoms with van der Waals surface area (Å²) in [4.78, 5) is 19.0. The van der Waals surface area contributed by atoms with Crippen molar-refractivity contribution in [2.24, 2.45) is 0 Å². The molecule has 2 heterocycles. The Hall–Kier alpha value is -1.43. The largest absolute Gasteiger partial charge is 0.357 e. The van der Waals surface area contributed by atoms with Crippen molar-refractivity contribution in [1.29, 1.82) is 0 Å². The third kappa shape index (κ3) is 4.53. The number of thioether (sulfide) groups is 1. The number of nitrogens with one attached hydrogen (secondary N) is 2. The number of urea groups is 1. The minimum Gasteiger partial charge on any atom is -0.357 e. The summed E-state index contributed by atoms with van der Waals surface area (Å²) in [6.07, 6.45) is 5.45. The molecule has 1 aromatic rings. The van der Waals surface area contributed by atoms with Crippen LogP contribution in [0.4, 0.5) is 16.3 Å². The number of carbonyl (C=O) groups excluding carboxylic acids is 1. The molecule has 1 aliphatic heterocycles. The molecule has 5 nitrogen and oxygen atoms in total. The molecule has 0 aromatic carbocycles. The number of aromatic nitrogens is 1. The Morgan fingerprint density at radius 3 is 2.73 bits per heavy atom. The fraction of sp³-hybridized carbons (Fsp3) is 0.625. The van der Waals surface area contributed by atoms with E-state index in [4.69, 9.17) is 0 Å². The molecule has 1 fully saturated rings. The fourth-order valence-corrected chi connectivity index (χ4v) is 3.33. The minimum atomic E-state index is -0.153. The lowest BCUT2D eigenvalue weighted by atomic mass is 10.2. The highest BCUT2D eigenvalue weighted by Crippen LogP contribution is 2.22. The number of hydrogen-bond donors (Lipinski definition) is 2. The maximum Gasteiger partial charge on any atom is 0.319 e. The second-order valence-electron chi connectivity index (χ2n) is 5.66. The van der Waals surface area contributed by atoms with Crippen molar-refractivity contribution in [3.63, 3.8) is 0 Å². The molecule has 0 spiro atoms. The third-order valence-corrected chi connectivity index (χ3v) is 4.68. The summed E-state index contributed by atoms with van der Waals surface area (Å²) < 4.78 is 0. The second kappa shape index (κ2) is 8.27. The summed E-state index contributed by atoms with van der Waals surface area (Å²) in [6, 6.07) is 3.99. The summed E-state index contributed by atoms with van der Waals surface area (Å²) in [5.41, 5.74) is 1.64. The highest BCUT2D eigenvalue weighted by molar-refractivity contribution is 7.98.